The lowest BCUT2D eigenvalue weighted by Gasteiger charge is -2.11. The standard InChI is InChI=1S/C19H16ClNO3/c1-3-21-11-15(13-6-4-5-7-14(13)18(21)22)19(23)24-17-10-12(2)8-9-16(17)20/h4-11H,3H2,1-2H3. The Hall–Kier alpha value is -2.59. The highest BCUT2D eigenvalue weighted by atomic mass is 35.5. The number of carbonyl (C=O) groups excluding carboxylic acids is 1. The molecule has 0 fully saturated rings. The van der Waals surface area contributed by atoms with E-state index in [0.29, 0.717) is 33.7 Å². The fraction of sp³-hybridized carbons (Fsp3) is 0.158. The Morgan fingerprint density at radius 2 is 1.88 bits per heavy atom. The maximum atomic E-state index is 12.7. The van der Waals surface area contributed by atoms with Crippen molar-refractivity contribution in [3.63, 3.8) is 0 Å². The van der Waals surface area contributed by atoms with Crippen molar-refractivity contribution >= 4 is 28.3 Å². The number of esters is 1. The number of benzene rings is 2. The summed E-state index contributed by atoms with van der Waals surface area (Å²) in [7, 11) is 0. The fourth-order valence-corrected chi connectivity index (χ4v) is 2.74. The summed E-state index contributed by atoms with van der Waals surface area (Å²) >= 11 is 6.10. The smallest absolute Gasteiger partial charge is 0.345 e. The van der Waals surface area contributed by atoms with E-state index in [1.807, 2.05) is 19.9 Å². The first-order valence-corrected chi connectivity index (χ1v) is 7.99. The molecule has 1 heterocycles. The number of halogens is 1. The lowest BCUT2D eigenvalue weighted by atomic mass is 10.1. The van der Waals surface area contributed by atoms with E-state index in [1.165, 1.54) is 10.8 Å². The van der Waals surface area contributed by atoms with E-state index in [0.717, 1.165) is 5.56 Å². The zero-order valence-electron chi connectivity index (χ0n) is 13.4. The van der Waals surface area contributed by atoms with Gasteiger partial charge in [-0.25, -0.2) is 4.79 Å². The molecule has 0 spiro atoms. The Bertz CT molecular complexity index is 992. The highest BCUT2D eigenvalue weighted by Crippen LogP contribution is 2.27. The molecule has 0 saturated heterocycles. The van der Waals surface area contributed by atoms with Gasteiger partial charge in [0.2, 0.25) is 0 Å². The summed E-state index contributed by atoms with van der Waals surface area (Å²) in [5, 5.41) is 1.42. The van der Waals surface area contributed by atoms with Crippen LogP contribution in [0.4, 0.5) is 0 Å². The molecule has 122 valence electrons. The first kappa shape index (κ1) is 16.3. The second-order valence-electron chi connectivity index (χ2n) is 5.50. The first-order chi connectivity index (χ1) is 11.5. The molecule has 0 unspecified atom stereocenters. The normalized spacial score (nSPS) is 10.8. The number of rotatable bonds is 3. The lowest BCUT2D eigenvalue weighted by molar-refractivity contribution is 0.0736. The number of pyridine rings is 1. The third-order valence-electron chi connectivity index (χ3n) is 3.84. The number of aryl methyl sites for hydroxylation is 2. The second-order valence-corrected chi connectivity index (χ2v) is 5.91. The third kappa shape index (κ3) is 2.93. The summed E-state index contributed by atoms with van der Waals surface area (Å²) < 4.78 is 6.97. The van der Waals surface area contributed by atoms with Crippen LogP contribution in [-0.2, 0) is 6.54 Å². The number of ether oxygens (including phenoxy) is 1. The number of aromatic nitrogens is 1. The summed E-state index contributed by atoms with van der Waals surface area (Å²) in [6.07, 6.45) is 1.54. The van der Waals surface area contributed by atoms with Gasteiger partial charge >= 0.3 is 5.97 Å². The molecule has 0 aliphatic carbocycles. The molecule has 1 aromatic heterocycles. The monoisotopic (exact) mass is 341 g/mol. The molecule has 3 rings (SSSR count). The Morgan fingerprint density at radius 1 is 1.17 bits per heavy atom. The van der Waals surface area contributed by atoms with Crippen LogP contribution in [0.5, 0.6) is 5.75 Å². The number of nitrogens with zero attached hydrogens (tertiary/aromatic N) is 1. The van der Waals surface area contributed by atoms with Crippen LogP contribution in [0.1, 0.15) is 22.8 Å². The molecule has 4 nitrogen and oxygen atoms in total. The minimum atomic E-state index is -0.541. The number of hydrogen-bond acceptors (Lipinski definition) is 3. The van der Waals surface area contributed by atoms with Crippen LogP contribution in [0.3, 0.4) is 0 Å². The van der Waals surface area contributed by atoms with E-state index in [-0.39, 0.29) is 5.56 Å². The molecule has 0 amide bonds. The van der Waals surface area contributed by atoms with E-state index in [2.05, 4.69) is 0 Å². The average molecular weight is 342 g/mol. The van der Waals surface area contributed by atoms with E-state index >= 15 is 0 Å². The van der Waals surface area contributed by atoms with Crippen molar-refractivity contribution in [3.8, 4) is 5.75 Å². The topological polar surface area (TPSA) is 48.3 Å². The van der Waals surface area contributed by atoms with Gasteiger partial charge in [-0.3, -0.25) is 4.79 Å². The van der Waals surface area contributed by atoms with Crippen LogP contribution < -0.4 is 10.3 Å². The predicted molar refractivity (Wildman–Crippen MR) is 95.0 cm³/mol. The Labute approximate surface area is 144 Å². The van der Waals surface area contributed by atoms with Crippen LogP contribution >= 0.6 is 11.6 Å². The van der Waals surface area contributed by atoms with Gasteiger partial charge < -0.3 is 9.30 Å². The van der Waals surface area contributed by atoms with E-state index in [4.69, 9.17) is 16.3 Å². The molecular formula is C19H16ClNO3. The van der Waals surface area contributed by atoms with E-state index in [1.54, 1.807) is 36.4 Å². The van der Waals surface area contributed by atoms with Gasteiger partial charge in [0.15, 0.2) is 0 Å². The molecule has 0 bridgehead atoms. The fourth-order valence-electron chi connectivity index (χ4n) is 2.58. The van der Waals surface area contributed by atoms with Gasteiger partial charge in [-0.2, -0.15) is 0 Å². The lowest BCUT2D eigenvalue weighted by Crippen LogP contribution is -2.22. The van der Waals surface area contributed by atoms with Crippen molar-refractivity contribution in [2.75, 3.05) is 0 Å². The molecule has 24 heavy (non-hydrogen) atoms. The van der Waals surface area contributed by atoms with Gasteiger partial charge in [0, 0.05) is 23.5 Å². The van der Waals surface area contributed by atoms with E-state index in [9.17, 15) is 9.59 Å². The van der Waals surface area contributed by atoms with Gasteiger partial charge in [-0.1, -0.05) is 35.9 Å². The molecule has 2 aromatic carbocycles. The van der Waals surface area contributed by atoms with Crippen molar-refractivity contribution in [2.24, 2.45) is 0 Å². The van der Waals surface area contributed by atoms with Gasteiger partial charge in [0.05, 0.1) is 10.6 Å². The van der Waals surface area contributed by atoms with Crippen molar-refractivity contribution in [1.82, 2.24) is 4.57 Å². The Balaban J connectivity index is 2.11. The van der Waals surface area contributed by atoms with Crippen LogP contribution in [0.2, 0.25) is 5.02 Å². The molecule has 0 aliphatic rings. The van der Waals surface area contributed by atoms with Crippen LogP contribution in [0, 0.1) is 6.92 Å². The third-order valence-corrected chi connectivity index (χ3v) is 4.16. The minimum Gasteiger partial charge on any atom is -0.421 e. The van der Waals surface area contributed by atoms with Gasteiger partial charge in [-0.05, 0) is 37.6 Å². The molecule has 0 radical (unpaired) electrons. The highest BCUT2D eigenvalue weighted by molar-refractivity contribution is 6.32. The molecule has 5 heteroatoms. The van der Waals surface area contributed by atoms with Crippen molar-refractivity contribution in [2.45, 2.75) is 20.4 Å². The number of carbonyl (C=O) groups is 1. The van der Waals surface area contributed by atoms with Crippen molar-refractivity contribution in [3.05, 3.63) is 75.2 Å². The van der Waals surface area contributed by atoms with Crippen LogP contribution in [0.15, 0.2) is 53.5 Å². The summed E-state index contributed by atoms with van der Waals surface area (Å²) in [4.78, 5) is 25.1. The summed E-state index contributed by atoms with van der Waals surface area (Å²) in [5.74, 6) is -0.235. The number of fused-ring (bicyclic) bond motifs is 1. The molecular weight excluding hydrogens is 326 g/mol. The highest BCUT2D eigenvalue weighted by Gasteiger charge is 2.17. The van der Waals surface area contributed by atoms with Crippen LogP contribution in [-0.4, -0.2) is 10.5 Å². The van der Waals surface area contributed by atoms with E-state index < -0.39 is 5.97 Å². The molecule has 3 aromatic rings. The van der Waals surface area contributed by atoms with Gasteiger partial charge in [-0.15, -0.1) is 0 Å². The zero-order chi connectivity index (χ0) is 17.3. The van der Waals surface area contributed by atoms with Crippen molar-refractivity contribution < 1.29 is 9.53 Å². The first-order valence-electron chi connectivity index (χ1n) is 7.61. The summed E-state index contributed by atoms with van der Waals surface area (Å²) in [6, 6.07) is 12.2. The molecule has 0 atom stereocenters. The molecule has 0 saturated carbocycles. The minimum absolute atomic E-state index is 0.127. The molecule has 0 N–H and O–H groups in total. The Kier molecular flexibility index (Phi) is 4.40. The zero-order valence-corrected chi connectivity index (χ0v) is 14.1. The predicted octanol–water partition coefficient (Wildman–Crippen LogP) is 4.20. The maximum Gasteiger partial charge on any atom is 0.345 e. The largest absolute Gasteiger partial charge is 0.421 e. The number of hydrogen-bond donors (Lipinski definition) is 0. The molecule has 0 aliphatic heterocycles. The van der Waals surface area contributed by atoms with Crippen molar-refractivity contribution in [1.29, 1.82) is 0 Å². The average Bonchev–Trinajstić information content (AvgIpc) is 2.58. The van der Waals surface area contributed by atoms with Gasteiger partial charge in [0.25, 0.3) is 5.56 Å². The van der Waals surface area contributed by atoms with Gasteiger partial charge in [0.1, 0.15) is 5.75 Å². The quantitative estimate of drug-likeness (QED) is 0.530. The summed E-state index contributed by atoms with van der Waals surface area (Å²) in [6.45, 7) is 4.21. The SMILES string of the molecule is CCn1cc(C(=O)Oc2cc(C)ccc2Cl)c2ccccc2c1=O. The summed E-state index contributed by atoms with van der Waals surface area (Å²) in [5.41, 5.74) is 1.15. The van der Waals surface area contributed by atoms with Crippen LogP contribution in [0.25, 0.3) is 10.8 Å². The maximum absolute atomic E-state index is 12.7. The Morgan fingerprint density at radius 3 is 2.58 bits per heavy atom. The second kappa shape index (κ2) is 6.49.